The Balaban J connectivity index is 1.72. The standard InChI is InChI=1S/C21H22N4O2/c26-19-10-13(8-9-22-19)20-21(27)25(18-7-2-1-6-17(18)24-20)16-11-14-4-3-5-15(12-16)23-14/h1-2,6-10,14-16,23H,3-5,11-12H2,(H,22,26). The lowest BCUT2D eigenvalue weighted by molar-refractivity contribution is 0.189. The third kappa shape index (κ3) is 2.90. The summed E-state index contributed by atoms with van der Waals surface area (Å²) in [4.78, 5) is 32.5. The monoisotopic (exact) mass is 362 g/mol. The topological polar surface area (TPSA) is 79.8 Å². The zero-order valence-corrected chi connectivity index (χ0v) is 15.0. The van der Waals surface area contributed by atoms with Crippen molar-refractivity contribution >= 4 is 11.0 Å². The quantitative estimate of drug-likeness (QED) is 0.734. The van der Waals surface area contributed by atoms with E-state index >= 15 is 0 Å². The van der Waals surface area contributed by atoms with Crippen molar-refractivity contribution in [3.05, 3.63) is 63.3 Å². The average molecular weight is 362 g/mol. The van der Waals surface area contributed by atoms with Gasteiger partial charge in [-0.25, -0.2) is 4.98 Å². The van der Waals surface area contributed by atoms with Crippen LogP contribution < -0.4 is 16.4 Å². The molecule has 0 radical (unpaired) electrons. The highest BCUT2D eigenvalue weighted by molar-refractivity contribution is 5.77. The summed E-state index contributed by atoms with van der Waals surface area (Å²) >= 11 is 0. The van der Waals surface area contributed by atoms with Gasteiger partial charge in [0.05, 0.1) is 11.0 Å². The van der Waals surface area contributed by atoms with Crippen molar-refractivity contribution < 1.29 is 0 Å². The Morgan fingerprint density at radius 3 is 2.59 bits per heavy atom. The molecule has 0 spiro atoms. The van der Waals surface area contributed by atoms with Gasteiger partial charge in [-0.15, -0.1) is 0 Å². The van der Waals surface area contributed by atoms with Crippen molar-refractivity contribution in [3.63, 3.8) is 0 Å². The summed E-state index contributed by atoms with van der Waals surface area (Å²) in [5.74, 6) is 0. The van der Waals surface area contributed by atoms with Crippen molar-refractivity contribution in [1.82, 2.24) is 19.9 Å². The smallest absolute Gasteiger partial charge is 0.277 e. The van der Waals surface area contributed by atoms with Gasteiger partial charge in [0, 0.05) is 36.0 Å². The van der Waals surface area contributed by atoms with Crippen LogP contribution in [0.1, 0.15) is 38.1 Å². The maximum Gasteiger partial charge on any atom is 0.277 e. The van der Waals surface area contributed by atoms with Gasteiger partial charge in [-0.05, 0) is 43.9 Å². The number of piperidine rings is 2. The Labute approximate surface area is 156 Å². The van der Waals surface area contributed by atoms with E-state index in [1.807, 2.05) is 28.8 Å². The molecule has 2 aliphatic heterocycles. The molecule has 2 aromatic heterocycles. The van der Waals surface area contributed by atoms with Gasteiger partial charge in [0.25, 0.3) is 5.56 Å². The summed E-state index contributed by atoms with van der Waals surface area (Å²) in [6.45, 7) is 0. The second-order valence-corrected chi connectivity index (χ2v) is 7.68. The molecule has 2 fully saturated rings. The minimum atomic E-state index is -0.232. The predicted molar refractivity (Wildman–Crippen MR) is 105 cm³/mol. The number of nitrogens with zero attached hydrogens (tertiary/aromatic N) is 2. The van der Waals surface area contributed by atoms with Crippen LogP contribution >= 0.6 is 0 Å². The molecule has 6 nitrogen and oxygen atoms in total. The van der Waals surface area contributed by atoms with Crippen LogP contribution in [-0.2, 0) is 0 Å². The molecule has 2 saturated heterocycles. The Hall–Kier alpha value is -2.73. The van der Waals surface area contributed by atoms with E-state index in [1.54, 1.807) is 12.3 Å². The van der Waals surface area contributed by atoms with E-state index in [0.717, 1.165) is 23.9 Å². The summed E-state index contributed by atoms with van der Waals surface area (Å²) in [7, 11) is 0. The first-order chi connectivity index (χ1) is 13.2. The number of H-pyrrole nitrogens is 1. The molecule has 2 atom stereocenters. The summed E-state index contributed by atoms with van der Waals surface area (Å²) in [5, 5.41) is 3.70. The van der Waals surface area contributed by atoms with E-state index < -0.39 is 0 Å². The fraction of sp³-hybridized carbons (Fsp3) is 0.381. The van der Waals surface area contributed by atoms with Crippen molar-refractivity contribution in [2.24, 2.45) is 0 Å². The van der Waals surface area contributed by atoms with Gasteiger partial charge in [0.1, 0.15) is 5.69 Å². The molecule has 4 heterocycles. The molecule has 5 rings (SSSR count). The number of aromatic nitrogens is 3. The number of nitrogens with one attached hydrogen (secondary N) is 2. The molecule has 3 aromatic rings. The number of benzene rings is 1. The number of hydrogen-bond acceptors (Lipinski definition) is 4. The maximum atomic E-state index is 13.5. The Morgan fingerprint density at radius 2 is 1.81 bits per heavy atom. The number of aromatic amines is 1. The predicted octanol–water partition coefficient (Wildman–Crippen LogP) is 2.60. The summed E-state index contributed by atoms with van der Waals surface area (Å²) in [6, 6.07) is 12.1. The number of pyridine rings is 1. The van der Waals surface area contributed by atoms with E-state index in [0.29, 0.717) is 23.3 Å². The molecule has 0 saturated carbocycles. The fourth-order valence-electron chi connectivity index (χ4n) is 4.74. The highest BCUT2D eigenvalue weighted by Crippen LogP contribution is 2.33. The third-order valence-electron chi connectivity index (χ3n) is 5.90. The van der Waals surface area contributed by atoms with Gasteiger partial charge in [-0.2, -0.15) is 0 Å². The molecule has 138 valence electrons. The Morgan fingerprint density at radius 1 is 1.04 bits per heavy atom. The van der Waals surface area contributed by atoms with Gasteiger partial charge in [0.2, 0.25) is 5.56 Å². The number of hydrogen-bond donors (Lipinski definition) is 2. The molecule has 6 heteroatoms. The van der Waals surface area contributed by atoms with E-state index in [2.05, 4.69) is 15.3 Å². The normalized spacial score (nSPS) is 24.8. The molecule has 1 aromatic carbocycles. The molecule has 2 bridgehead atoms. The van der Waals surface area contributed by atoms with Crippen LogP contribution in [0.25, 0.3) is 22.3 Å². The first kappa shape index (κ1) is 16.4. The van der Waals surface area contributed by atoms with Crippen LogP contribution in [0, 0.1) is 0 Å². The van der Waals surface area contributed by atoms with Crippen molar-refractivity contribution in [2.75, 3.05) is 0 Å². The first-order valence-corrected chi connectivity index (χ1v) is 9.65. The van der Waals surface area contributed by atoms with Crippen molar-refractivity contribution in [1.29, 1.82) is 0 Å². The van der Waals surface area contributed by atoms with Crippen molar-refractivity contribution in [3.8, 4) is 11.3 Å². The lowest BCUT2D eigenvalue weighted by Crippen LogP contribution is -2.50. The van der Waals surface area contributed by atoms with E-state index in [4.69, 9.17) is 0 Å². The summed E-state index contributed by atoms with van der Waals surface area (Å²) in [6.07, 6.45) is 7.09. The molecule has 2 aliphatic rings. The molecule has 2 unspecified atom stereocenters. The van der Waals surface area contributed by atoms with Gasteiger partial charge >= 0.3 is 0 Å². The van der Waals surface area contributed by atoms with Gasteiger partial charge in [0.15, 0.2) is 0 Å². The molecular weight excluding hydrogens is 340 g/mol. The van der Waals surface area contributed by atoms with Crippen LogP contribution in [0.4, 0.5) is 0 Å². The first-order valence-electron chi connectivity index (χ1n) is 9.65. The SMILES string of the molecule is O=c1cc(-c2nc3ccccc3n(C3CC4CCCC(C3)N4)c2=O)cc[nH]1. The molecule has 0 amide bonds. The largest absolute Gasteiger partial charge is 0.329 e. The van der Waals surface area contributed by atoms with Crippen LogP contribution in [0.2, 0.25) is 0 Å². The van der Waals surface area contributed by atoms with Gasteiger partial charge in [-0.3, -0.25) is 9.59 Å². The fourth-order valence-corrected chi connectivity index (χ4v) is 4.74. The highest BCUT2D eigenvalue weighted by atomic mass is 16.1. The van der Waals surface area contributed by atoms with Gasteiger partial charge in [-0.1, -0.05) is 18.6 Å². The Kier molecular flexibility index (Phi) is 3.93. The number of fused-ring (bicyclic) bond motifs is 3. The van der Waals surface area contributed by atoms with Crippen LogP contribution in [-0.4, -0.2) is 26.6 Å². The minimum Gasteiger partial charge on any atom is -0.329 e. The zero-order valence-electron chi connectivity index (χ0n) is 15.0. The Bertz CT molecular complexity index is 1100. The third-order valence-corrected chi connectivity index (χ3v) is 5.90. The average Bonchev–Trinajstić information content (AvgIpc) is 2.67. The second-order valence-electron chi connectivity index (χ2n) is 7.68. The maximum absolute atomic E-state index is 13.5. The lowest BCUT2D eigenvalue weighted by Gasteiger charge is -2.41. The van der Waals surface area contributed by atoms with E-state index in [9.17, 15) is 9.59 Å². The number of para-hydroxylation sites is 2. The molecule has 27 heavy (non-hydrogen) atoms. The highest BCUT2D eigenvalue weighted by Gasteiger charge is 2.33. The van der Waals surface area contributed by atoms with Crippen LogP contribution in [0.3, 0.4) is 0 Å². The van der Waals surface area contributed by atoms with Crippen LogP contribution in [0.5, 0.6) is 0 Å². The summed E-state index contributed by atoms with van der Waals surface area (Å²) in [5.41, 5.74) is 2.24. The number of rotatable bonds is 2. The van der Waals surface area contributed by atoms with E-state index in [1.165, 1.54) is 25.3 Å². The lowest BCUT2D eigenvalue weighted by atomic mass is 9.84. The second kappa shape index (κ2) is 6.46. The van der Waals surface area contributed by atoms with Gasteiger partial charge < -0.3 is 14.9 Å². The van der Waals surface area contributed by atoms with Crippen LogP contribution in [0.15, 0.2) is 52.2 Å². The molecular formula is C21H22N4O2. The minimum absolute atomic E-state index is 0.107. The van der Waals surface area contributed by atoms with Crippen molar-refractivity contribution in [2.45, 2.75) is 50.2 Å². The van der Waals surface area contributed by atoms with E-state index in [-0.39, 0.29) is 17.2 Å². The molecule has 0 aliphatic carbocycles. The summed E-state index contributed by atoms with van der Waals surface area (Å²) < 4.78 is 1.94. The molecule has 2 N–H and O–H groups in total. The zero-order chi connectivity index (χ0) is 18.4.